The van der Waals surface area contributed by atoms with Crippen molar-refractivity contribution in [2.45, 2.75) is 0 Å². The fraction of sp³-hybridized carbons (Fsp3) is 0. The first-order valence-electron chi connectivity index (χ1n) is 8.91. The van der Waals surface area contributed by atoms with Crippen LogP contribution in [0.3, 0.4) is 0 Å². The number of nitrogens with one attached hydrogen (secondary N) is 1. The van der Waals surface area contributed by atoms with Crippen molar-refractivity contribution in [2.75, 3.05) is 5.32 Å². The Morgan fingerprint density at radius 3 is 2.15 bits per heavy atom. The van der Waals surface area contributed by atoms with Gasteiger partial charge in [-0.3, -0.25) is 0 Å². The zero-order chi connectivity index (χ0) is 18.2. The molecule has 2 nitrogen and oxygen atoms in total. The van der Waals surface area contributed by atoms with Gasteiger partial charge in [-0.15, -0.1) is 0 Å². The van der Waals surface area contributed by atoms with Gasteiger partial charge in [0.1, 0.15) is 5.82 Å². The molecule has 0 aliphatic heterocycles. The first-order valence-corrected chi connectivity index (χ1v) is 8.91. The van der Waals surface area contributed by atoms with E-state index in [9.17, 15) is 4.39 Å². The van der Waals surface area contributed by atoms with Crippen LogP contribution in [0.5, 0.6) is 0 Å². The average molecular weight is 352 g/mol. The zero-order valence-corrected chi connectivity index (χ0v) is 14.6. The van der Waals surface area contributed by atoms with E-state index in [1.165, 1.54) is 6.07 Å². The number of rotatable bonds is 3. The van der Waals surface area contributed by atoms with Gasteiger partial charge in [0.2, 0.25) is 0 Å². The molecule has 130 valence electrons. The molecule has 3 heteroatoms. The second kappa shape index (κ2) is 6.29. The van der Waals surface area contributed by atoms with E-state index >= 15 is 0 Å². The first kappa shape index (κ1) is 15.6. The maximum Gasteiger partial charge on any atom is 0.147 e. The van der Waals surface area contributed by atoms with E-state index in [4.69, 9.17) is 0 Å². The number of aromatic nitrogens is 1. The Morgan fingerprint density at radius 1 is 0.630 bits per heavy atom. The highest BCUT2D eigenvalue weighted by Gasteiger charge is 2.15. The van der Waals surface area contributed by atoms with Gasteiger partial charge in [0, 0.05) is 27.8 Å². The Balaban J connectivity index is 1.77. The quantitative estimate of drug-likeness (QED) is 0.384. The molecule has 0 aliphatic rings. The van der Waals surface area contributed by atoms with Crippen LogP contribution in [0.4, 0.5) is 15.8 Å². The summed E-state index contributed by atoms with van der Waals surface area (Å²) in [5.41, 5.74) is 4.54. The minimum absolute atomic E-state index is 0.217. The molecule has 1 N–H and O–H groups in total. The summed E-state index contributed by atoms with van der Waals surface area (Å²) in [6.07, 6.45) is 0. The van der Waals surface area contributed by atoms with Crippen molar-refractivity contribution in [2.24, 2.45) is 0 Å². The predicted molar refractivity (Wildman–Crippen MR) is 110 cm³/mol. The lowest BCUT2D eigenvalue weighted by atomic mass is 10.1. The molecule has 0 bridgehead atoms. The number of anilines is 2. The van der Waals surface area contributed by atoms with Crippen LogP contribution in [0.15, 0.2) is 97.1 Å². The number of hydrogen-bond donors (Lipinski definition) is 1. The van der Waals surface area contributed by atoms with E-state index < -0.39 is 0 Å². The number of benzene rings is 4. The van der Waals surface area contributed by atoms with Crippen LogP contribution >= 0.6 is 0 Å². The lowest BCUT2D eigenvalue weighted by Crippen LogP contribution is -1.95. The normalized spacial score (nSPS) is 11.1. The van der Waals surface area contributed by atoms with Crippen molar-refractivity contribution in [3.8, 4) is 5.69 Å². The Bertz CT molecular complexity index is 1240. The predicted octanol–water partition coefficient (Wildman–Crippen LogP) is 6.67. The Hall–Kier alpha value is -3.59. The minimum atomic E-state index is -0.217. The molecule has 0 saturated carbocycles. The van der Waals surface area contributed by atoms with Gasteiger partial charge in [0.05, 0.1) is 11.0 Å². The summed E-state index contributed by atoms with van der Waals surface area (Å²) in [6, 6.07) is 31.4. The Kier molecular flexibility index (Phi) is 3.65. The van der Waals surface area contributed by atoms with Gasteiger partial charge in [-0.25, -0.2) is 4.39 Å². The van der Waals surface area contributed by atoms with Gasteiger partial charge in [0.25, 0.3) is 0 Å². The Labute approximate surface area is 156 Å². The molecule has 0 spiro atoms. The average Bonchev–Trinajstić information content (AvgIpc) is 3.05. The van der Waals surface area contributed by atoms with E-state index in [1.54, 1.807) is 6.07 Å². The third-order valence-corrected chi connectivity index (χ3v) is 4.81. The molecule has 1 heterocycles. The fourth-order valence-electron chi connectivity index (χ4n) is 3.64. The monoisotopic (exact) mass is 352 g/mol. The fourth-order valence-corrected chi connectivity index (χ4v) is 3.64. The van der Waals surface area contributed by atoms with Gasteiger partial charge in [0.15, 0.2) is 0 Å². The molecule has 0 fully saturated rings. The van der Waals surface area contributed by atoms with Crippen molar-refractivity contribution in [1.29, 1.82) is 0 Å². The topological polar surface area (TPSA) is 17.0 Å². The van der Waals surface area contributed by atoms with Crippen LogP contribution in [0.2, 0.25) is 0 Å². The van der Waals surface area contributed by atoms with Crippen molar-refractivity contribution >= 4 is 33.2 Å². The van der Waals surface area contributed by atoms with E-state index in [2.05, 4.69) is 11.4 Å². The molecule has 0 atom stereocenters. The highest BCUT2D eigenvalue weighted by atomic mass is 19.1. The molecule has 0 unspecified atom stereocenters. The van der Waals surface area contributed by atoms with Crippen LogP contribution in [0.1, 0.15) is 0 Å². The second-order valence-corrected chi connectivity index (χ2v) is 6.53. The van der Waals surface area contributed by atoms with Crippen LogP contribution in [-0.4, -0.2) is 4.57 Å². The molecule has 4 aromatic carbocycles. The number of nitrogens with zero attached hydrogens (tertiary/aromatic N) is 1. The number of fused-ring (bicyclic) bond motifs is 3. The summed E-state index contributed by atoms with van der Waals surface area (Å²) < 4.78 is 16.8. The van der Waals surface area contributed by atoms with Gasteiger partial charge >= 0.3 is 0 Å². The lowest BCUT2D eigenvalue weighted by molar-refractivity contribution is 0.635. The third-order valence-electron chi connectivity index (χ3n) is 4.81. The molecule has 27 heavy (non-hydrogen) atoms. The summed E-state index contributed by atoms with van der Waals surface area (Å²) in [5.74, 6) is -0.217. The molecule has 5 aromatic rings. The summed E-state index contributed by atoms with van der Waals surface area (Å²) in [6.45, 7) is 0. The van der Waals surface area contributed by atoms with Crippen LogP contribution in [-0.2, 0) is 0 Å². The maximum absolute atomic E-state index is 14.8. The number of halogens is 1. The molecule has 0 radical (unpaired) electrons. The van der Waals surface area contributed by atoms with Crippen molar-refractivity contribution in [3.63, 3.8) is 0 Å². The van der Waals surface area contributed by atoms with Crippen molar-refractivity contribution < 1.29 is 4.39 Å². The molecule has 0 aliphatic carbocycles. The lowest BCUT2D eigenvalue weighted by Gasteiger charge is -2.09. The molecule has 5 rings (SSSR count). The molecular formula is C24H17FN2. The van der Waals surface area contributed by atoms with Crippen LogP contribution in [0.25, 0.3) is 27.5 Å². The van der Waals surface area contributed by atoms with Gasteiger partial charge in [-0.05, 0) is 48.5 Å². The molecule has 0 saturated heterocycles. The van der Waals surface area contributed by atoms with E-state index in [0.29, 0.717) is 5.52 Å². The summed E-state index contributed by atoms with van der Waals surface area (Å²) in [7, 11) is 0. The number of para-hydroxylation sites is 3. The summed E-state index contributed by atoms with van der Waals surface area (Å²) >= 11 is 0. The standard InChI is InChI=1S/C24H17FN2/c25-22-13-7-12-20-21-16-18(26-17-8-3-1-4-9-17)14-15-23(21)27(24(20)22)19-10-5-2-6-11-19/h1-16,26H. The Morgan fingerprint density at radius 2 is 1.37 bits per heavy atom. The summed E-state index contributed by atoms with van der Waals surface area (Å²) in [5, 5.41) is 5.35. The second-order valence-electron chi connectivity index (χ2n) is 6.53. The van der Waals surface area contributed by atoms with Crippen molar-refractivity contribution in [3.05, 3.63) is 103 Å². The molecular weight excluding hydrogens is 335 g/mol. The first-order chi connectivity index (χ1) is 13.3. The highest BCUT2D eigenvalue weighted by molar-refractivity contribution is 6.10. The van der Waals surface area contributed by atoms with E-state index in [0.717, 1.165) is 33.4 Å². The van der Waals surface area contributed by atoms with Crippen LogP contribution < -0.4 is 5.32 Å². The largest absolute Gasteiger partial charge is 0.356 e. The molecule has 0 amide bonds. The maximum atomic E-state index is 14.8. The summed E-state index contributed by atoms with van der Waals surface area (Å²) in [4.78, 5) is 0. The van der Waals surface area contributed by atoms with Crippen LogP contribution in [0, 0.1) is 5.82 Å². The smallest absolute Gasteiger partial charge is 0.147 e. The van der Waals surface area contributed by atoms with E-state index in [1.807, 2.05) is 83.4 Å². The SMILES string of the molecule is Fc1cccc2c3cc(Nc4ccccc4)ccc3n(-c3ccccc3)c12. The van der Waals surface area contributed by atoms with Crippen molar-refractivity contribution in [1.82, 2.24) is 4.57 Å². The minimum Gasteiger partial charge on any atom is -0.356 e. The zero-order valence-electron chi connectivity index (χ0n) is 14.6. The van der Waals surface area contributed by atoms with Gasteiger partial charge < -0.3 is 9.88 Å². The van der Waals surface area contributed by atoms with Gasteiger partial charge in [-0.2, -0.15) is 0 Å². The highest BCUT2D eigenvalue weighted by Crippen LogP contribution is 2.35. The third kappa shape index (κ3) is 2.64. The van der Waals surface area contributed by atoms with Gasteiger partial charge in [-0.1, -0.05) is 48.5 Å². The number of hydrogen-bond acceptors (Lipinski definition) is 1. The van der Waals surface area contributed by atoms with E-state index in [-0.39, 0.29) is 5.82 Å². The molecule has 1 aromatic heterocycles.